The summed E-state index contributed by atoms with van der Waals surface area (Å²) in [4.78, 5) is 11.1. The van der Waals surface area contributed by atoms with Gasteiger partial charge in [-0.15, -0.1) is 0 Å². The summed E-state index contributed by atoms with van der Waals surface area (Å²) in [6.45, 7) is 4.12. The molecule has 1 fully saturated rings. The number of rotatable bonds is 4. The van der Waals surface area contributed by atoms with Gasteiger partial charge in [-0.2, -0.15) is 4.98 Å². The van der Waals surface area contributed by atoms with E-state index in [1.54, 1.807) is 6.20 Å². The maximum atomic E-state index is 5.39. The van der Waals surface area contributed by atoms with Crippen LogP contribution in [0.5, 0.6) is 11.5 Å². The van der Waals surface area contributed by atoms with E-state index in [4.69, 9.17) is 14.2 Å². The second-order valence-corrected chi connectivity index (χ2v) is 5.38. The van der Waals surface area contributed by atoms with Crippen molar-refractivity contribution in [3.63, 3.8) is 0 Å². The molecule has 0 atom stereocenters. The van der Waals surface area contributed by atoms with Gasteiger partial charge >= 0.3 is 0 Å². The van der Waals surface area contributed by atoms with E-state index < -0.39 is 0 Å². The van der Waals surface area contributed by atoms with E-state index in [0.717, 1.165) is 49.2 Å². The highest BCUT2D eigenvalue weighted by molar-refractivity contribution is 5.46. The first kappa shape index (κ1) is 14.1. The lowest BCUT2D eigenvalue weighted by Gasteiger charge is -2.27. The largest absolute Gasteiger partial charge is 0.454 e. The summed E-state index contributed by atoms with van der Waals surface area (Å²) in [7, 11) is 0. The normalized spacial score (nSPS) is 16.4. The summed E-state index contributed by atoms with van der Waals surface area (Å²) in [5.41, 5.74) is 1.09. The lowest BCUT2D eigenvalue weighted by atomic mass is 10.2. The van der Waals surface area contributed by atoms with Crippen molar-refractivity contribution in [1.82, 2.24) is 9.97 Å². The highest BCUT2D eigenvalue weighted by Gasteiger charge is 2.14. The third kappa shape index (κ3) is 3.14. The topological polar surface area (TPSA) is 68.7 Å². The maximum Gasteiger partial charge on any atom is 0.231 e. The number of morpholine rings is 1. The van der Waals surface area contributed by atoms with Gasteiger partial charge in [-0.3, -0.25) is 0 Å². The van der Waals surface area contributed by atoms with Crippen LogP contribution in [0.25, 0.3) is 0 Å². The Morgan fingerprint density at radius 2 is 1.96 bits per heavy atom. The van der Waals surface area contributed by atoms with Crippen molar-refractivity contribution in [2.45, 2.75) is 6.54 Å². The molecule has 2 aromatic rings. The number of aromatic nitrogens is 2. The van der Waals surface area contributed by atoms with E-state index in [9.17, 15) is 0 Å². The van der Waals surface area contributed by atoms with Crippen molar-refractivity contribution in [2.24, 2.45) is 0 Å². The van der Waals surface area contributed by atoms with E-state index in [-0.39, 0.29) is 6.79 Å². The Balaban J connectivity index is 1.42. The molecule has 1 N–H and O–H groups in total. The Bertz CT molecular complexity index is 689. The third-order valence-corrected chi connectivity index (χ3v) is 3.86. The predicted molar refractivity (Wildman–Crippen MR) is 85.0 cm³/mol. The summed E-state index contributed by atoms with van der Waals surface area (Å²) < 4.78 is 16.1. The number of nitrogens with zero attached hydrogens (tertiary/aromatic N) is 3. The fourth-order valence-corrected chi connectivity index (χ4v) is 2.63. The van der Waals surface area contributed by atoms with Gasteiger partial charge in [-0.1, -0.05) is 6.07 Å². The van der Waals surface area contributed by atoms with E-state index >= 15 is 0 Å². The smallest absolute Gasteiger partial charge is 0.231 e. The maximum absolute atomic E-state index is 5.39. The lowest BCUT2D eigenvalue weighted by molar-refractivity contribution is 0.122. The predicted octanol–water partition coefficient (Wildman–Crippen LogP) is 1.65. The summed E-state index contributed by atoms with van der Waals surface area (Å²) in [6, 6.07) is 7.83. The summed E-state index contributed by atoms with van der Waals surface area (Å²) in [6.07, 6.45) is 1.78. The van der Waals surface area contributed by atoms with Crippen molar-refractivity contribution in [1.29, 1.82) is 0 Å². The van der Waals surface area contributed by atoms with Gasteiger partial charge in [-0.25, -0.2) is 4.98 Å². The summed E-state index contributed by atoms with van der Waals surface area (Å²) in [5, 5.41) is 3.26. The van der Waals surface area contributed by atoms with Crippen LogP contribution in [-0.2, 0) is 11.3 Å². The van der Waals surface area contributed by atoms with Gasteiger partial charge in [0.15, 0.2) is 11.5 Å². The quantitative estimate of drug-likeness (QED) is 0.920. The zero-order chi connectivity index (χ0) is 15.5. The van der Waals surface area contributed by atoms with E-state index in [0.29, 0.717) is 12.5 Å². The van der Waals surface area contributed by atoms with Crippen molar-refractivity contribution in [3.8, 4) is 11.5 Å². The first-order chi connectivity index (χ1) is 11.4. The SMILES string of the molecule is c1cc(N2CCOCC2)nc(NCc2ccc3c(c2)OCO3)n1. The molecule has 3 heterocycles. The van der Waals surface area contributed by atoms with Crippen LogP contribution in [0.1, 0.15) is 5.56 Å². The minimum Gasteiger partial charge on any atom is -0.454 e. The fourth-order valence-electron chi connectivity index (χ4n) is 2.63. The molecule has 2 aliphatic heterocycles. The first-order valence-electron chi connectivity index (χ1n) is 7.67. The molecule has 4 rings (SSSR count). The standard InChI is InChI=1S/C16H18N4O3/c1-2-13-14(23-11-22-13)9-12(1)10-18-16-17-4-3-15(19-16)20-5-7-21-8-6-20/h1-4,9H,5-8,10-11H2,(H,17,18,19). The second kappa shape index (κ2) is 6.29. The molecule has 0 bridgehead atoms. The van der Waals surface area contributed by atoms with Crippen LogP contribution in [0.15, 0.2) is 30.5 Å². The number of nitrogens with one attached hydrogen (secondary N) is 1. The molecule has 1 saturated heterocycles. The Morgan fingerprint density at radius 3 is 2.87 bits per heavy atom. The molecule has 1 aromatic heterocycles. The molecule has 0 spiro atoms. The van der Waals surface area contributed by atoms with Crippen molar-refractivity contribution in [2.75, 3.05) is 43.3 Å². The van der Waals surface area contributed by atoms with Gasteiger partial charge in [0.05, 0.1) is 13.2 Å². The zero-order valence-corrected chi connectivity index (χ0v) is 12.7. The minimum absolute atomic E-state index is 0.289. The molecule has 0 amide bonds. The van der Waals surface area contributed by atoms with E-state index in [1.165, 1.54) is 0 Å². The molecular weight excluding hydrogens is 296 g/mol. The average Bonchev–Trinajstić information content (AvgIpc) is 3.09. The molecule has 0 unspecified atom stereocenters. The molecular formula is C16H18N4O3. The van der Waals surface area contributed by atoms with Crippen LogP contribution in [0.4, 0.5) is 11.8 Å². The van der Waals surface area contributed by atoms with Gasteiger partial charge in [0, 0.05) is 25.8 Å². The van der Waals surface area contributed by atoms with Gasteiger partial charge < -0.3 is 24.4 Å². The highest BCUT2D eigenvalue weighted by Crippen LogP contribution is 2.32. The summed E-state index contributed by atoms with van der Waals surface area (Å²) in [5.74, 6) is 3.12. The molecule has 0 saturated carbocycles. The second-order valence-electron chi connectivity index (χ2n) is 5.38. The van der Waals surface area contributed by atoms with E-state index in [2.05, 4.69) is 20.2 Å². The van der Waals surface area contributed by atoms with Crippen LogP contribution < -0.4 is 19.7 Å². The molecule has 120 valence electrons. The number of ether oxygens (including phenoxy) is 3. The molecule has 0 radical (unpaired) electrons. The van der Waals surface area contributed by atoms with Gasteiger partial charge in [0.1, 0.15) is 5.82 Å². The Kier molecular flexibility index (Phi) is 3.85. The molecule has 7 nitrogen and oxygen atoms in total. The fraction of sp³-hybridized carbons (Fsp3) is 0.375. The molecule has 23 heavy (non-hydrogen) atoms. The molecule has 2 aliphatic rings. The van der Waals surface area contributed by atoms with Crippen molar-refractivity contribution >= 4 is 11.8 Å². The Morgan fingerprint density at radius 1 is 1.09 bits per heavy atom. The van der Waals surface area contributed by atoms with Crippen LogP contribution >= 0.6 is 0 Å². The van der Waals surface area contributed by atoms with Crippen LogP contribution in [0.3, 0.4) is 0 Å². The number of anilines is 2. The van der Waals surface area contributed by atoms with Crippen molar-refractivity contribution in [3.05, 3.63) is 36.0 Å². The molecule has 0 aliphatic carbocycles. The number of hydrogen-bond donors (Lipinski definition) is 1. The van der Waals surface area contributed by atoms with Gasteiger partial charge in [0.2, 0.25) is 12.7 Å². The third-order valence-electron chi connectivity index (χ3n) is 3.86. The van der Waals surface area contributed by atoms with Crippen LogP contribution in [0, 0.1) is 0 Å². The highest BCUT2D eigenvalue weighted by atomic mass is 16.7. The first-order valence-corrected chi connectivity index (χ1v) is 7.67. The zero-order valence-electron chi connectivity index (χ0n) is 12.7. The van der Waals surface area contributed by atoms with Gasteiger partial charge in [0.25, 0.3) is 0 Å². The van der Waals surface area contributed by atoms with Crippen molar-refractivity contribution < 1.29 is 14.2 Å². The van der Waals surface area contributed by atoms with Gasteiger partial charge in [-0.05, 0) is 23.8 Å². The monoisotopic (exact) mass is 314 g/mol. The number of fused-ring (bicyclic) bond motifs is 1. The number of benzene rings is 1. The Labute approximate surface area is 134 Å². The van der Waals surface area contributed by atoms with Crippen LogP contribution in [-0.4, -0.2) is 43.1 Å². The Hall–Kier alpha value is -2.54. The van der Waals surface area contributed by atoms with Crippen LogP contribution in [0.2, 0.25) is 0 Å². The van der Waals surface area contributed by atoms with E-state index in [1.807, 2.05) is 24.3 Å². The molecule has 1 aromatic carbocycles. The minimum atomic E-state index is 0.289. The summed E-state index contributed by atoms with van der Waals surface area (Å²) >= 11 is 0. The average molecular weight is 314 g/mol. The molecule has 7 heteroatoms. The number of hydrogen-bond acceptors (Lipinski definition) is 7. The lowest BCUT2D eigenvalue weighted by Crippen LogP contribution is -2.36.